The first-order valence-electron chi connectivity index (χ1n) is 6.80. The number of hydrogen-bond donors (Lipinski definition) is 1. The molecule has 4 nitrogen and oxygen atoms in total. The van der Waals surface area contributed by atoms with E-state index in [-0.39, 0.29) is 5.92 Å². The van der Waals surface area contributed by atoms with Gasteiger partial charge in [0.05, 0.1) is 5.71 Å². The SMILES string of the molecule is O=C(C1CCCCCC1)N1CCC(=NO)CC1. The fourth-order valence-electron chi connectivity index (χ4n) is 2.87. The highest BCUT2D eigenvalue weighted by Crippen LogP contribution is 2.25. The summed E-state index contributed by atoms with van der Waals surface area (Å²) in [6.45, 7) is 1.46. The van der Waals surface area contributed by atoms with Gasteiger partial charge in [-0.05, 0) is 12.8 Å². The van der Waals surface area contributed by atoms with Crippen molar-refractivity contribution in [2.45, 2.75) is 51.4 Å². The van der Waals surface area contributed by atoms with Crippen LogP contribution in [-0.2, 0) is 4.79 Å². The Kier molecular flexibility index (Phi) is 4.40. The van der Waals surface area contributed by atoms with Crippen molar-refractivity contribution in [3.8, 4) is 0 Å². The number of hydrogen-bond acceptors (Lipinski definition) is 3. The maximum absolute atomic E-state index is 12.3. The van der Waals surface area contributed by atoms with Crippen LogP contribution in [0.15, 0.2) is 5.16 Å². The molecule has 96 valence electrons. The number of carbonyl (C=O) groups excluding carboxylic acids is 1. The van der Waals surface area contributed by atoms with Crippen molar-refractivity contribution in [2.75, 3.05) is 13.1 Å². The van der Waals surface area contributed by atoms with Crippen LogP contribution in [0.2, 0.25) is 0 Å². The molecule has 0 aromatic carbocycles. The van der Waals surface area contributed by atoms with Crippen LogP contribution in [0.25, 0.3) is 0 Å². The highest BCUT2D eigenvalue weighted by atomic mass is 16.4. The molecule has 0 unspecified atom stereocenters. The first-order chi connectivity index (χ1) is 8.31. The van der Waals surface area contributed by atoms with Crippen molar-refractivity contribution in [1.29, 1.82) is 0 Å². The van der Waals surface area contributed by atoms with Crippen molar-refractivity contribution in [3.05, 3.63) is 0 Å². The predicted molar refractivity (Wildman–Crippen MR) is 66.2 cm³/mol. The number of amides is 1. The molecular formula is C13H22N2O2. The van der Waals surface area contributed by atoms with Gasteiger partial charge in [0.1, 0.15) is 0 Å². The molecule has 0 spiro atoms. The Balaban J connectivity index is 1.87. The van der Waals surface area contributed by atoms with Crippen molar-refractivity contribution >= 4 is 11.6 Å². The first-order valence-corrected chi connectivity index (χ1v) is 6.80. The number of carbonyl (C=O) groups is 1. The number of rotatable bonds is 1. The van der Waals surface area contributed by atoms with E-state index in [2.05, 4.69) is 5.16 Å². The minimum atomic E-state index is 0.255. The zero-order valence-corrected chi connectivity index (χ0v) is 10.4. The molecule has 0 aromatic rings. The summed E-state index contributed by atoms with van der Waals surface area (Å²) in [4.78, 5) is 14.3. The third-order valence-corrected chi connectivity index (χ3v) is 4.00. The largest absolute Gasteiger partial charge is 0.411 e. The third kappa shape index (κ3) is 3.20. The summed E-state index contributed by atoms with van der Waals surface area (Å²) < 4.78 is 0. The Labute approximate surface area is 103 Å². The first kappa shape index (κ1) is 12.4. The van der Waals surface area contributed by atoms with Gasteiger partial charge >= 0.3 is 0 Å². The topological polar surface area (TPSA) is 52.9 Å². The zero-order chi connectivity index (χ0) is 12.1. The normalized spacial score (nSPS) is 23.3. The smallest absolute Gasteiger partial charge is 0.225 e. The third-order valence-electron chi connectivity index (χ3n) is 4.00. The van der Waals surface area contributed by atoms with Gasteiger partial charge < -0.3 is 10.1 Å². The molecule has 1 amide bonds. The van der Waals surface area contributed by atoms with Gasteiger partial charge in [0.25, 0.3) is 0 Å². The minimum Gasteiger partial charge on any atom is -0.411 e. The van der Waals surface area contributed by atoms with Crippen LogP contribution >= 0.6 is 0 Å². The summed E-state index contributed by atoms with van der Waals surface area (Å²) in [6, 6.07) is 0. The number of piperidine rings is 1. The van der Waals surface area contributed by atoms with Gasteiger partial charge in [0.15, 0.2) is 0 Å². The van der Waals surface area contributed by atoms with Crippen LogP contribution in [0.5, 0.6) is 0 Å². The van der Waals surface area contributed by atoms with Crippen molar-refractivity contribution in [1.82, 2.24) is 4.90 Å². The maximum atomic E-state index is 12.3. The number of likely N-dealkylation sites (tertiary alicyclic amines) is 1. The van der Waals surface area contributed by atoms with E-state index in [9.17, 15) is 4.79 Å². The average molecular weight is 238 g/mol. The lowest BCUT2D eigenvalue weighted by molar-refractivity contribution is -0.136. The number of nitrogens with zero attached hydrogens (tertiary/aromatic N) is 2. The van der Waals surface area contributed by atoms with Crippen molar-refractivity contribution < 1.29 is 10.0 Å². The van der Waals surface area contributed by atoms with Gasteiger partial charge in [-0.1, -0.05) is 30.8 Å². The summed E-state index contributed by atoms with van der Waals surface area (Å²) in [7, 11) is 0. The zero-order valence-electron chi connectivity index (χ0n) is 10.4. The van der Waals surface area contributed by atoms with E-state index >= 15 is 0 Å². The summed E-state index contributed by atoms with van der Waals surface area (Å²) in [5.74, 6) is 0.592. The van der Waals surface area contributed by atoms with E-state index in [1.807, 2.05) is 4.90 Å². The molecule has 0 aromatic heterocycles. The maximum Gasteiger partial charge on any atom is 0.225 e. The molecule has 1 N–H and O–H groups in total. The Morgan fingerprint density at radius 2 is 1.71 bits per heavy atom. The summed E-state index contributed by atoms with van der Waals surface area (Å²) in [5, 5.41) is 11.9. The molecule has 0 atom stereocenters. The van der Waals surface area contributed by atoms with E-state index in [1.54, 1.807) is 0 Å². The molecule has 1 aliphatic carbocycles. The quantitative estimate of drug-likeness (QED) is 0.433. The van der Waals surface area contributed by atoms with Gasteiger partial charge in [-0.3, -0.25) is 4.79 Å². The molecular weight excluding hydrogens is 216 g/mol. The van der Waals surface area contributed by atoms with E-state index in [0.29, 0.717) is 5.91 Å². The summed E-state index contributed by atoms with van der Waals surface area (Å²) >= 11 is 0. The molecule has 0 bridgehead atoms. The molecule has 4 heteroatoms. The molecule has 1 saturated carbocycles. The highest BCUT2D eigenvalue weighted by Gasteiger charge is 2.27. The van der Waals surface area contributed by atoms with Gasteiger partial charge in [-0.15, -0.1) is 0 Å². The van der Waals surface area contributed by atoms with Crippen LogP contribution < -0.4 is 0 Å². The van der Waals surface area contributed by atoms with E-state index in [4.69, 9.17) is 5.21 Å². The monoisotopic (exact) mass is 238 g/mol. The van der Waals surface area contributed by atoms with Gasteiger partial charge in [-0.25, -0.2) is 0 Å². The van der Waals surface area contributed by atoms with Gasteiger partial charge in [-0.2, -0.15) is 0 Å². The Bertz CT molecular complexity index is 284. The van der Waals surface area contributed by atoms with Crippen LogP contribution in [0.1, 0.15) is 51.4 Å². The second kappa shape index (κ2) is 6.03. The van der Waals surface area contributed by atoms with Crippen molar-refractivity contribution in [2.24, 2.45) is 11.1 Å². The summed E-state index contributed by atoms with van der Waals surface area (Å²) in [6.07, 6.45) is 8.56. The Hall–Kier alpha value is -1.06. The fourth-order valence-corrected chi connectivity index (χ4v) is 2.87. The molecule has 1 saturated heterocycles. The van der Waals surface area contributed by atoms with Gasteiger partial charge in [0, 0.05) is 31.8 Å². The number of oxime groups is 1. The highest BCUT2D eigenvalue weighted by molar-refractivity contribution is 5.87. The second-order valence-corrected chi connectivity index (χ2v) is 5.18. The van der Waals surface area contributed by atoms with Crippen molar-refractivity contribution in [3.63, 3.8) is 0 Å². The lowest BCUT2D eigenvalue weighted by atomic mass is 9.97. The molecule has 17 heavy (non-hydrogen) atoms. The van der Waals surface area contributed by atoms with Crippen LogP contribution in [-0.4, -0.2) is 34.8 Å². The molecule has 1 heterocycles. The Morgan fingerprint density at radius 3 is 2.24 bits per heavy atom. The molecule has 0 radical (unpaired) electrons. The van der Waals surface area contributed by atoms with Gasteiger partial charge in [0.2, 0.25) is 5.91 Å². The molecule has 2 fully saturated rings. The molecule has 2 aliphatic rings. The standard InChI is InChI=1S/C13H22N2O2/c16-13(11-5-3-1-2-4-6-11)15-9-7-12(14-17)8-10-15/h11,17H,1-10H2. The van der Waals surface area contributed by atoms with E-state index in [1.165, 1.54) is 25.7 Å². The van der Waals surface area contributed by atoms with Crippen LogP contribution in [0, 0.1) is 5.92 Å². The summed E-state index contributed by atoms with van der Waals surface area (Å²) in [5.41, 5.74) is 0.829. The average Bonchev–Trinajstić information content (AvgIpc) is 2.67. The second-order valence-electron chi connectivity index (χ2n) is 5.18. The Morgan fingerprint density at radius 1 is 1.12 bits per heavy atom. The van der Waals surface area contributed by atoms with E-state index in [0.717, 1.165) is 44.5 Å². The van der Waals surface area contributed by atoms with Crippen LogP contribution in [0.3, 0.4) is 0 Å². The van der Waals surface area contributed by atoms with Crippen LogP contribution in [0.4, 0.5) is 0 Å². The lowest BCUT2D eigenvalue weighted by Gasteiger charge is -2.30. The molecule has 1 aliphatic heterocycles. The van der Waals surface area contributed by atoms with E-state index < -0.39 is 0 Å². The minimum absolute atomic E-state index is 0.255. The molecule has 2 rings (SSSR count). The lowest BCUT2D eigenvalue weighted by Crippen LogP contribution is -2.41. The fraction of sp³-hybridized carbons (Fsp3) is 0.846. The predicted octanol–water partition coefficient (Wildman–Crippen LogP) is 2.41.